The van der Waals surface area contributed by atoms with Gasteiger partial charge in [0.2, 0.25) is 0 Å². The van der Waals surface area contributed by atoms with Crippen LogP contribution in [0, 0.1) is 0 Å². The van der Waals surface area contributed by atoms with Gasteiger partial charge in [-0.2, -0.15) is 0 Å². The molecule has 0 bridgehead atoms. The smallest absolute Gasteiger partial charge is 0.434 e. The van der Waals surface area contributed by atoms with Gasteiger partial charge in [-0.25, -0.2) is 0 Å². The lowest BCUT2D eigenvalue weighted by Crippen LogP contribution is -2.75. The second kappa shape index (κ2) is 15.0. The third-order valence-corrected chi connectivity index (χ3v) is 18.5. The summed E-state index contributed by atoms with van der Waals surface area (Å²) in [7, 11) is -2.87. The Labute approximate surface area is 379 Å². The minimum atomic E-state index is -2.87. The van der Waals surface area contributed by atoms with E-state index in [1.165, 1.54) is 48.1 Å². The number of para-hydroxylation sites is 3. The van der Waals surface area contributed by atoms with E-state index in [0.717, 1.165) is 61.7 Å². The van der Waals surface area contributed by atoms with Gasteiger partial charge >= 0.3 is 6.92 Å². The monoisotopic (exact) mass is 845 g/mol. The summed E-state index contributed by atoms with van der Waals surface area (Å²) in [5.74, 6) is 2.50. The van der Waals surface area contributed by atoms with Crippen LogP contribution in [0.2, 0.25) is 0 Å². The molecular weight excluding hydrogens is 806 g/mol. The SMILES string of the molecule is c1ccc([Si](c2ccccc2)(c2ccccc2)c2ccccc2-c2cc3c4c(c2)-c2ccccc2OB4c2cc(-c4cccc(-n5c6ccccc6c6ccccc65)c4)ccc2O3)cc1. The Bertz CT molecular complexity index is 3470. The minimum absolute atomic E-state index is 0.352. The van der Waals surface area contributed by atoms with E-state index in [2.05, 4.69) is 247 Å². The largest absolute Gasteiger partial charge is 0.551 e. The lowest BCUT2D eigenvalue weighted by molar-refractivity contribution is 0.479. The maximum Gasteiger partial charge on any atom is 0.434 e. The zero-order chi connectivity index (χ0) is 42.9. The number of nitrogens with zero attached hydrogens (tertiary/aromatic N) is 1. The molecule has 10 aromatic carbocycles. The van der Waals surface area contributed by atoms with Crippen LogP contribution in [0.15, 0.2) is 243 Å². The molecule has 0 amide bonds. The van der Waals surface area contributed by atoms with E-state index in [9.17, 15) is 0 Å². The molecule has 65 heavy (non-hydrogen) atoms. The molecule has 304 valence electrons. The first kappa shape index (κ1) is 37.4. The predicted molar refractivity (Wildman–Crippen MR) is 273 cm³/mol. The van der Waals surface area contributed by atoms with Crippen molar-refractivity contribution in [2.24, 2.45) is 0 Å². The van der Waals surface area contributed by atoms with Crippen LogP contribution in [0.3, 0.4) is 0 Å². The fourth-order valence-electron chi connectivity index (χ4n) is 10.8. The maximum atomic E-state index is 7.08. The van der Waals surface area contributed by atoms with Gasteiger partial charge in [0, 0.05) is 32.9 Å². The van der Waals surface area contributed by atoms with Gasteiger partial charge in [0.05, 0.1) is 11.0 Å². The third-order valence-electron chi connectivity index (χ3n) is 13.6. The Morgan fingerprint density at radius 3 is 1.62 bits per heavy atom. The van der Waals surface area contributed by atoms with Crippen LogP contribution in [0.5, 0.6) is 17.2 Å². The van der Waals surface area contributed by atoms with Crippen molar-refractivity contribution in [1.82, 2.24) is 4.57 Å². The number of rotatable bonds is 7. The molecule has 0 unspecified atom stereocenters. The van der Waals surface area contributed by atoms with Gasteiger partial charge < -0.3 is 14.0 Å². The molecule has 0 aliphatic carbocycles. The van der Waals surface area contributed by atoms with Crippen molar-refractivity contribution in [2.75, 3.05) is 0 Å². The van der Waals surface area contributed by atoms with Crippen LogP contribution >= 0.6 is 0 Å². The average Bonchev–Trinajstić information content (AvgIpc) is 3.72. The average molecular weight is 846 g/mol. The summed E-state index contributed by atoms with van der Waals surface area (Å²) in [6, 6.07) is 88.4. The van der Waals surface area contributed by atoms with Crippen LogP contribution in [-0.4, -0.2) is 19.6 Å². The summed E-state index contributed by atoms with van der Waals surface area (Å²) < 4.78 is 16.5. The minimum Gasteiger partial charge on any atom is -0.551 e. The van der Waals surface area contributed by atoms with Gasteiger partial charge in [-0.1, -0.05) is 194 Å². The Morgan fingerprint density at radius 1 is 0.369 bits per heavy atom. The first-order valence-electron chi connectivity index (χ1n) is 22.4. The van der Waals surface area contributed by atoms with E-state index in [0.29, 0.717) is 0 Å². The van der Waals surface area contributed by atoms with Crippen molar-refractivity contribution in [3.8, 4) is 56.3 Å². The van der Waals surface area contributed by atoms with Crippen molar-refractivity contribution in [3.05, 3.63) is 243 Å². The first-order chi connectivity index (χ1) is 32.2. The number of aromatic nitrogens is 1. The lowest BCUT2D eigenvalue weighted by atomic mass is 9.50. The topological polar surface area (TPSA) is 23.4 Å². The van der Waals surface area contributed by atoms with E-state index in [1.54, 1.807) is 0 Å². The van der Waals surface area contributed by atoms with Crippen molar-refractivity contribution in [1.29, 1.82) is 0 Å². The van der Waals surface area contributed by atoms with Crippen molar-refractivity contribution in [3.63, 3.8) is 0 Å². The predicted octanol–water partition coefficient (Wildman–Crippen LogP) is 10.8. The second-order valence-electron chi connectivity index (χ2n) is 17.1. The quantitative estimate of drug-likeness (QED) is 0.118. The molecule has 0 fully saturated rings. The molecule has 2 aliphatic heterocycles. The molecule has 0 radical (unpaired) electrons. The first-order valence-corrected chi connectivity index (χ1v) is 24.4. The summed E-state index contributed by atoms with van der Waals surface area (Å²) in [5.41, 5.74) is 12.3. The van der Waals surface area contributed by atoms with E-state index in [1.807, 2.05) is 0 Å². The van der Waals surface area contributed by atoms with Crippen LogP contribution < -0.4 is 41.1 Å². The summed E-state index contributed by atoms with van der Waals surface area (Å²) in [6.45, 7) is -0.352. The Morgan fingerprint density at radius 2 is 0.938 bits per heavy atom. The zero-order valence-corrected chi connectivity index (χ0v) is 36.4. The summed E-state index contributed by atoms with van der Waals surface area (Å²) in [5, 5.41) is 7.84. The normalized spacial score (nSPS) is 12.5. The van der Waals surface area contributed by atoms with Crippen LogP contribution in [0.25, 0.3) is 60.9 Å². The Hall–Kier alpha value is -8.12. The molecule has 0 spiro atoms. The molecule has 11 aromatic rings. The molecule has 2 aliphatic rings. The highest BCUT2D eigenvalue weighted by Gasteiger charge is 2.44. The van der Waals surface area contributed by atoms with Crippen LogP contribution in [0.4, 0.5) is 0 Å². The van der Waals surface area contributed by atoms with Gasteiger partial charge in [0.1, 0.15) is 17.2 Å². The van der Waals surface area contributed by atoms with Crippen molar-refractivity contribution < 1.29 is 9.39 Å². The molecule has 13 rings (SSSR count). The Balaban J connectivity index is 0.972. The number of benzene rings is 10. The summed E-state index contributed by atoms with van der Waals surface area (Å²) >= 11 is 0. The number of hydrogen-bond acceptors (Lipinski definition) is 2. The highest BCUT2D eigenvalue weighted by Crippen LogP contribution is 2.42. The zero-order valence-electron chi connectivity index (χ0n) is 35.4. The highest BCUT2D eigenvalue weighted by atomic mass is 28.3. The van der Waals surface area contributed by atoms with E-state index in [-0.39, 0.29) is 6.92 Å². The summed E-state index contributed by atoms with van der Waals surface area (Å²) in [6.07, 6.45) is 0. The molecule has 0 atom stereocenters. The number of fused-ring (bicyclic) bond motifs is 7. The molecule has 0 saturated carbocycles. The molecule has 5 heteroatoms. The van der Waals surface area contributed by atoms with E-state index >= 15 is 0 Å². The van der Waals surface area contributed by atoms with Crippen molar-refractivity contribution in [2.45, 2.75) is 0 Å². The second-order valence-corrected chi connectivity index (χ2v) is 20.9. The number of ether oxygens (including phenoxy) is 1. The third kappa shape index (κ3) is 5.83. The number of hydrogen-bond donors (Lipinski definition) is 0. The Kier molecular flexibility index (Phi) is 8.65. The molecule has 3 heterocycles. The maximum absolute atomic E-state index is 7.08. The van der Waals surface area contributed by atoms with Crippen LogP contribution in [0.1, 0.15) is 0 Å². The highest BCUT2D eigenvalue weighted by molar-refractivity contribution is 7.20. The van der Waals surface area contributed by atoms with Gasteiger partial charge in [0.15, 0.2) is 8.07 Å². The van der Waals surface area contributed by atoms with Gasteiger partial charge in [-0.15, -0.1) is 0 Å². The standard InChI is InChI=1S/C60H40BNO2Si/c1-4-21-45(22-5-1)65(46-23-6-2-7-24-46,47-25-8-3-9-26-47)59-34-17-13-27-48(59)43-38-52-51-30-12-16-33-56(51)64-61-53-39-42(35-36-57(53)63-58(40-43)60(52)61)41-19-18-20-44(37-41)62-54-31-14-10-28-49(54)50-29-11-15-32-55(50)62/h1-40H. The molecule has 0 N–H and O–H groups in total. The van der Waals surface area contributed by atoms with Gasteiger partial charge in [-0.05, 0) is 97.1 Å². The molecule has 1 aromatic heterocycles. The van der Waals surface area contributed by atoms with Crippen LogP contribution in [-0.2, 0) is 0 Å². The molecular formula is C60H40BNO2Si. The molecule has 0 saturated heterocycles. The summed E-state index contributed by atoms with van der Waals surface area (Å²) in [4.78, 5) is 0. The molecule has 3 nitrogen and oxygen atoms in total. The fraction of sp³-hybridized carbons (Fsp3) is 0. The van der Waals surface area contributed by atoms with E-state index in [4.69, 9.17) is 9.39 Å². The lowest BCUT2D eigenvalue weighted by Gasteiger charge is -2.36. The van der Waals surface area contributed by atoms with Crippen molar-refractivity contribution >= 4 is 68.5 Å². The van der Waals surface area contributed by atoms with E-state index < -0.39 is 8.07 Å². The fourth-order valence-corrected chi connectivity index (χ4v) is 15.8. The van der Waals surface area contributed by atoms with Gasteiger partial charge in [0.25, 0.3) is 0 Å². The van der Waals surface area contributed by atoms with Gasteiger partial charge in [-0.3, -0.25) is 0 Å².